The van der Waals surface area contributed by atoms with Gasteiger partial charge in [0.1, 0.15) is 0 Å². The number of hydrogen-bond donors (Lipinski definition) is 1. The Morgan fingerprint density at radius 1 is 1.32 bits per heavy atom. The van der Waals surface area contributed by atoms with E-state index in [2.05, 4.69) is 9.97 Å². The zero-order valence-electron chi connectivity index (χ0n) is 10.8. The molecule has 0 atom stereocenters. The monoisotopic (exact) mass is 274 g/mol. The molecule has 4 nitrogen and oxygen atoms in total. The molecule has 5 heteroatoms. The molecule has 19 heavy (non-hydrogen) atoms. The molecule has 0 saturated heterocycles. The van der Waals surface area contributed by atoms with Crippen molar-refractivity contribution in [3.8, 4) is 11.4 Å². The first kappa shape index (κ1) is 13.5. The van der Waals surface area contributed by atoms with Gasteiger partial charge in [-0.05, 0) is 24.8 Å². The fourth-order valence-corrected chi connectivity index (χ4v) is 2.15. The summed E-state index contributed by atoms with van der Waals surface area (Å²) >= 11 is 1.67. The van der Waals surface area contributed by atoms with E-state index in [0.29, 0.717) is 17.9 Å². The van der Waals surface area contributed by atoms with Crippen LogP contribution in [0, 0.1) is 0 Å². The van der Waals surface area contributed by atoms with Crippen LogP contribution in [0.3, 0.4) is 0 Å². The third kappa shape index (κ3) is 2.93. The van der Waals surface area contributed by atoms with Crippen molar-refractivity contribution in [1.29, 1.82) is 0 Å². The normalized spacial score (nSPS) is 10.4. The first-order chi connectivity index (χ1) is 9.15. The van der Waals surface area contributed by atoms with Crippen LogP contribution in [-0.4, -0.2) is 27.3 Å². The smallest absolute Gasteiger partial charge is 0.339 e. The average Bonchev–Trinajstić information content (AvgIpc) is 2.46. The zero-order chi connectivity index (χ0) is 13.8. The summed E-state index contributed by atoms with van der Waals surface area (Å²) in [6.45, 7) is 1.88. The molecule has 0 aliphatic rings. The first-order valence-electron chi connectivity index (χ1n) is 5.89. The highest BCUT2D eigenvalue weighted by Crippen LogP contribution is 2.21. The van der Waals surface area contributed by atoms with Gasteiger partial charge in [0.25, 0.3) is 0 Å². The van der Waals surface area contributed by atoms with Crippen molar-refractivity contribution in [1.82, 2.24) is 9.97 Å². The molecule has 1 aromatic heterocycles. The second kappa shape index (κ2) is 5.84. The van der Waals surface area contributed by atoms with Gasteiger partial charge >= 0.3 is 5.97 Å². The predicted octanol–water partition coefficient (Wildman–Crippen LogP) is 3.13. The maximum absolute atomic E-state index is 11.0. The van der Waals surface area contributed by atoms with Gasteiger partial charge in [-0.2, -0.15) is 0 Å². The Bertz CT molecular complexity index is 597. The summed E-state index contributed by atoms with van der Waals surface area (Å²) < 4.78 is 0. The van der Waals surface area contributed by atoms with Gasteiger partial charge < -0.3 is 5.11 Å². The summed E-state index contributed by atoms with van der Waals surface area (Å²) in [4.78, 5) is 20.7. The van der Waals surface area contributed by atoms with Gasteiger partial charge in [0.05, 0.1) is 11.3 Å². The maximum atomic E-state index is 11.0. The Morgan fingerprint density at radius 3 is 2.53 bits per heavy atom. The Kier molecular flexibility index (Phi) is 4.16. The fraction of sp³-hybridized carbons (Fsp3) is 0.214. The molecular formula is C14H14N2O2S. The van der Waals surface area contributed by atoms with Gasteiger partial charge in [-0.25, -0.2) is 14.8 Å². The minimum Gasteiger partial charge on any atom is -0.478 e. The van der Waals surface area contributed by atoms with E-state index in [1.165, 1.54) is 11.1 Å². The molecule has 0 radical (unpaired) electrons. The number of carboxylic acid groups (broad SMARTS) is 1. The summed E-state index contributed by atoms with van der Waals surface area (Å²) in [7, 11) is 0. The quantitative estimate of drug-likeness (QED) is 0.868. The standard InChI is InChI=1S/C14H14N2O2S/c1-3-12-11(14(17)18)8-15-13(16-12)9-4-6-10(19-2)7-5-9/h4-8H,3H2,1-2H3,(H,17,18). The molecule has 0 bridgehead atoms. The van der Waals surface area contributed by atoms with Crippen molar-refractivity contribution in [3.05, 3.63) is 41.7 Å². The molecule has 0 aliphatic heterocycles. The molecule has 1 N–H and O–H groups in total. The molecule has 1 aromatic carbocycles. The minimum atomic E-state index is -0.985. The van der Waals surface area contributed by atoms with Crippen LogP contribution in [0.2, 0.25) is 0 Å². The van der Waals surface area contributed by atoms with Crippen molar-refractivity contribution < 1.29 is 9.90 Å². The highest BCUT2D eigenvalue weighted by atomic mass is 32.2. The first-order valence-corrected chi connectivity index (χ1v) is 7.11. The van der Waals surface area contributed by atoms with E-state index in [9.17, 15) is 4.79 Å². The summed E-state index contributed by atoms with van der Waals surface area (Å²) in [5, 5.41) is 9.04. The number of nitrogens with zero attached hydrogens (tertiary/aromatic N) is 2. The molecule has 0 unspecified atom stereocenters. The Balaban J connectivity index is 2.42. The van der Waals surface area contributed by atoms with E-state index in [-0.39, 0.29) is 5.56 Å². The number of thioether (sulfide) groups is 1. The third-order valence-corrected chi connectivity index (χ3v) is 3.52. The van der Waals surface area contributed by atoms with Crippen LogP contribution >= 0.6 is 11.8 Å². The number of benzene rings is 1. The van der Waals surface area contributed by atoms with Crippen molar-refractivity contribution in [2.24, 2.45) is 0 Å². The van der Waals surface area contributed by atoms with Crippen LogP contribution in [-0.2, 0) is 6.42 Å². The van der Waals surface area contributed by atoms with E-state index in [4.69, 9.17) is 5.11 Å². The molecule has 2 rings (SSSR count). The Hall–Kier alpha value is -1.88. The lowest BCUT2D eigenvalue weighted by atomic mass is 10.1. The van der Waals surface area contributed by atoms with Crippen molar-refractivity contribution in [2.45, 2.75) is 18.2 Å². The molecule has 0 spiro atoms. The number of hydrogen-bond acceptors (Lipinski definition) is 4. The highest BCUT2D eigenvalue weighted by Gasteiger charge is 2.12. The van der Waals surface area contributed by atoms with Gasteiger partial charge in [0.15, 0.2) is 5.82 Å². The maximum Gasteiger partial charge on any atom is 0.339 e. The number of aromatic nitrogens is 2. The van der Waals surface area contributed by atoms with Crippen molar-refractivity contribution >= 4 is 17.7 Å². The zero-order valence-corrected chi connectivity index (χ0v) is 11.6. The van der Waals surface area contributed by atoms with Gasteiger partial charge in [0.2, 0.25) is 0 Å². The van der Waals surface area contributed by atoms with Crippen molar-refractivity contribution in [3.63, 3.8) is 0 Å². The van der Waals surface area contributed by atoms with Crippen LogP contribution in [0.4, 0.5) is 0 Å². The van der Waals surface area contributed by atoms with E-state index in [0.717, 1.165) is 5.56 Å². The number of aromatic carboxylic acids is 1. The predicted molar refractivity (Wildman–Crippen MR) is 75.6 cm³/mol. The fourth-order valence-electron chi connectivity index (χ4n) is 1.74. The summed E-state index contributed by atoms with van der Waals surface area (Å²) in [5.74, 6) is -0.421. The van der Waals surface area contributed by atoms with Crippen LogP contribution in [0.15, 0.2) is 35.4 Å². The van der Waals surface area contributed by atoms with Crippen LogP contribution in [0.1, 0.15) is 23.0 Å². The topological polar surface area (TPSA) is 63.1 Å². The van der Waals surface area contributed by atoms with E-state index < -0.39 is 5.97 Å². The molecule has 1 heterocycles. The SMILES string of the molecule is CCc1nc(-c2ccc(SC)cc2)ncc1C(=O)O. The minimum absolute atomic E-state index is 0.173. The van der Waals surface area contributed by atoms with Gasteiger partial charge in [-0.15, -0.1) is 11.8 Å². The van der Waals surface area contributed by atoms with E-state index in [1.54, 1.807) is 11.8 Å². The van der Waals surface area contributed by atoms with Crippen molar-refractivity contribution in [2.75, 3.05) is 6.26 Å². The molecule has 98 valence electrons. The summed E-state index contributed by atoms with van der Waals surface area (Å²) in [6.07, 6.45) is 3.97. The lowest BCUT2D eigenvalue weighted by molar-refractivity contribution is 0.0694. The number of carbonyl (C=O) groups is 1. The van der Waals surface area contributed by atoms with Gasteiger partial charge in [-0.3, -0.25) is 0 Å². The lowest BCUT2D eigenvalue weighted by Gasteiger charge is -2.06. The largest absolute Gasteiger partial charge is 0.478 e. The van der Waals surface area contributed by atoms with E-state index in [1.807, 2.05) is 37.4 Å². The average molecular weight is 274 g/mol. The second-order valence-corrected chi connectivity index (χ2v) is 4.82. The molecular weight excluding hydrogens is 260 g/mol. The second-order valence-electron chi connectivity index (χ2n) is 3.94. The molecule has 0 aliphatic carbocycles. The third-order valence-electron chi connectivity index (χ3n) is 2.78. The summed E-state index contributed by atoms with van der Waals surface area (Å²) in [5.41, 5.74) is 1.63. The van der Waals surface area contributed by atoms with Crippen LogP contribution < -0.4 is 0 Å². The molecule has 0 fully saturated rings. The van der Waals surface area contributed by atoms with Crippen LogP contribution in [0.5, 0.6) is 0 Å². The lowest BCUT2D eigenvalue weighted by Crippen LogP contribution is -2.06. The number of rotatable bonds is 4. The Labute approximate surface area is 115 Å². The molecule has 2 aromatic rings. The van der Waals surface area contributed by atoms with Gasteiger partial charge in [-0.1, -0.05) is 19.1 Å². The highest BCUT2D eigenvalue weighted by molar-refractivity contribution is 7.98. The van der Waals surface area contributed by atoms with Gasteiger partial charge in [0, 0.05) is 16.7 Å². The van der Waals surface area contributed by atoms with E-state index >= 15 is 0 Å². The molecule has 0 amide bonds. The summed E-state index contributed by atoms with van der Waals surface area (Å²) in [6, 6.07) is 7.89. The number of aryl methyl sites for hydroxylation is 1. The van der Waals surface area contributed by atoms with Crippen LogP contribution in [0.25, 0.3) is 11.4 Å². The Morgan fingerprint density at radius 2 is 2.00 bits per heavy atom. The molecule has 0 saturated carbocycles. The number of carboxylic acids is 1.